The van der Waals surface area contributed by atoms with Crippen molar-refractivity contribution in [3.63, 3.8) is 0 Å². The molecule has 2 aromatic rings. The third kappa shape index (κ3) is 7.19. The Labute approximate surface area is 177 Å². The van der Waals surface area contributed by atoms with Crippen molar-refractivity contribution >= 4 is 40.5 Å². The lowest BCUT2D eigenvalue weighted by atomic mass is 10.2. The van der Waals surface area contributed by atoms with Gasteiger partial charge in [0, 0.05) is 22.9 Å². The first-order valence-electron chi connectivity index (χ1n) is 9.58. The molecule has 29 heavy (non-hydrogen) atoms. The largest absolute Gasteiger partial charge is 0.491 e. The van der Waals surface area contributed by atoms with Gasteiger partial charge < -0.3 is 15.4 Å². The normalized spacial score (nSPS) is 11.5. The van der Waals surface area contributed by atoms with Gasteiger partial charge in [-0.25, -0.2) is 0 Å². The zero-order chi connectivity index (χ0) is 21.4. The van der Waals surface area contributed by atoms with Crippen molar-refractivity contribution in [3.05, 3.63) is 54.1 Å². The molecule has 154 valence electrons. The van der Waals surface area contributed by atoms with Crippen LogP contribution < -0.4 is 20.7 Å². The van der Waals surface area contributed by atoms with E-state index in [0.717, 1.165) is 12.2 Å². The summed E-state index contributed by atoms with van der Waals surface area (Å²) in [5.74, 6) is 0.278. The lowest BCUT2D eigenvalue weighted by Gasteiger charge is -2.13. The van der Waals surface area contributed by atoms with Gasteiger partial charge in [-0.3, -0.25) is 14.9 Å². The van der Waals surface area contributed by atoms with Gasteiger partial charge in [0.25, 0.3) is 5.91 Å². The van der Waals surface area contributed by atoms with Crippen molar-refractivity contribution in [1.82, 2.24) is 5.32 Å². The summed E-state index contributed by atoms with van der Waals surface area (Å²) in [5.41, 5.74) is 1.89. The van der Waals surface area contributed by atoms with Crippen LogP contribution >= 0.6 is 12.2 Å². The van der Waals surface area contributed by atoms with E-state index in [-0.39, 0.29) is 28.9 Å². The van der Waals surface area contributed by atoms with E-state index in [0.29, 0.717) is 16.9 Å². The van der Waals surface area contributed by atoms with E-state index in [4.69, 9.17) is 17.0 Å². The average Bonchev–Trinajstić information content (AvgIpc) is 2.69. The van der Waals surface area contributed by atoms with E-state index in [1.165, 1.54) is 0 Å². The van der Waals surface area contributed by atoms with Crippen molar-refractivity contribution in [3.8, 4) is 5.75 Å². The molecule has 0 unspecified atom stereocenters. The molecule has 0 aromatic heterocycles. The van der Waals surface area contributed by atoms with E-state index in [9.17, 15) is 9.59 Å². The van der Waals surface area contributed by atoms with E-state index >= 15 is 0 Å². The molecule has 1 atom stereocenters. The summed E-state index contributed by atoms with van der Waals surface area (Å²) in [6, 6.07) is 14.0. The Hall–Kier alpha value is -2.93. The Morgan fingerprint density at radius 3 is 2.00 bits per heavy atom. The van der Waals surface area contributed by atoms with Gasteiger partial charge in [-0.2, -0.15) is 0 Å². The monoisotopic (exact) mass is 413 g/mol. The van der Waals surface area contributed by atoms with Crippen molar-refractivity contribution in [2.45, 2.75) is 40.2 Å². The fourth-order valence-corrected chi connectivity index (χ4v) is 2.47. The first-order chi connectivity index (χ1) is 13.8. The van der Waals surface area contributed by atoms with Crippen LogP contribution in [0.1, 0.15) is 44.5 Å². The first kappa shape index (κ1) is 22.4. The molecule has 0 bridgehead atoms. The smallest absolute Gasteiger partial charge is 0.257 e. The standard InChI is InChI=1S/C22H27N3O3S/c1-5-15(4)28-19-12-6-16(7-13-19)21(27)25-22(29)24-18-10-8-17(9-11-18)23-20(26)14(2)3/h6-15H,5H2,1-4H3,(H,23,26)(H2,24,25,27,29)/t15-/m1/s1. The van der Waals surface area contributed by atoms with Crippen LogP contribution in [0.5, 0.6) is 5.75 Å². The number of hydrogen-bond acceptors (Lipinski definition) is 4. The number of benzene rings is 2. The highest BCUT2D eigenvalue weighted by molar-refractivity contribution is 7.80. The van der Waals surface area contributed by atoms with Crippen molar-refractivity contribution in [2.24, 2.45) is 5.92 Å². The summed E-state index contributed by atoms with van der Waals surface area (Å²) in [4.78, 5) is 24.1. The summed E-state index contributed by atoms with van der Waals surface area (Å²) in [6.07, 6.45) is 1.03. The van der Waals surface area contributed by atoms with Crippen molar-refractivity contribution in [1.29, 1.82) is 0 Å². The molecule has 0 aliphatic heterocycles. The molecule has 0 aliphatic rings. The Balaban J connectivity index is 1.88. The molecule has 2 amide bonds. The second-order valence-corrected chi connectivity index (χ2v) is 7.40. The Bertz CT molecular complexity index is 849. The van der Waals surface area contributed by atoms with Gasteiger partial charge in [0.2, 0.25) is 5.91 Å². The minimum Gasteiger partial charge on any atom is -0.491 e. The lowest BCUT2D eigenvalue weighted by molar-refractivity contribution is -0.118. The number of anilines is 2. The fraction of sp³-hybridized carbons (Fsp3) is 0.318. The number of amides is 2. The molecular weight excluding hydrogens is 386 g/mol. The topological polar surface area (TPSA) is 79.5 Å². The highest BCUT2D eigenvalue weighted by Crippen LogP contribution is 2.16. The predicted molar refractivity (Wildman–Crippen MR) is 120 cm³/mol. The van der Waals surface area contributed by atoms with Gasteiger partial charge in [0.05, 0.1) is 6.10 Å². The SMILES string of the molecule is CC[C@@H](C)Oc1ccc(C(=O)NC(=S)Nc2ccc(NC(=O)C(C)C)cc2)cc1. The Kier molecular flexibility index (Phi) is 8.15. The molecule has 0 spiro atoms. The van der Waals surface area contributed by atoms with Crippen LogP contribution in [0.25, 0.3) is 0 Å². The number of rotatable bonds is 7. The maximum absolute atomic E-state index is 12.3. The van der Waals surface area contributed by atoms with Crippen LogP contribution in [-0.2, 0) is 4.79 Å². The lowest BCUT2D eigenvalue weighted by Crippen LogP contribution is -2.34. The number of carbonyl (C=O) groups excluding carboxylic acids is 2. The van der Waals surface area contributed by atoms with Gasteiger partial charge in [-0.15, -0.1) is 0 Å². The van der Waals surface area contributed by atoms with Gasteiger partial charge in [0.15, 0.2) is 5.11 Å². The molecule has 2 rings (SSSR count). The second-order valence-electron chi connectivity index (χ2n) is 6.99. The predicted octanol–water partition coefficient (Wildman–Crippen LogP) is 4.59. The summed E-state index contributed by atoms with van der Waals surface area (Å²) in [7, 11) is 0. The average molecular weight is 414 g/mol. The summed E-state index contributed by atoms with van der Waals surface area (Å²) >= 11 is 5.21. The summed E-state index contributed by atoms with van der Waals surface area (Å²) < 4.78 is 5.71. The maximum atomic E-state index is 12.3. The molecule has 3 N–H and O–H groups in total. The van der Waals surface area contributed by atoms with Gasteiger partial charge >= 0.3 is 0 Å². The molecular formula is C22H27N3O3S. The van der Waals surface area contributed by atoms with Gasteiger partial charge in [-0.05, 0) is 74.1 Å². The minimum absolute atomic E-state index is 0.0472. The highest BCUT2D eigenvalue weighted by atomic mass is 32.1. The third-order valence-electron chi connectivity index (χ3n) is 4.19. The molecule has 0 fully saturated rings. The fourth-order valence-electron chi connectivity index (χ4n) is 2.26. The maximum Gasteiger partial charge on any atom is 0.257 e. The molecule has 0 aliphatic carbocycles. The van der Waals surface area contributed by atoms with Crippen LogP contribution in [0, 0.1) is 5.92 Å². The van der Waals surface area contributed by atoms with Crippen LogP contribution in [0.4, 0.5) is 11.4 Å². The van der Waals surface area contributed by atoms with Crippen LogP contribution in [-0.4, -0.2) is 23.0 Å². The molecule has 2 aromatic carbocycles. The number of thiocarbonyl (C=S) groups is 1. The molecule has 0 radical (unpaired) electrons. The van der Waals surface area contributed by atoms with Crippen LogP contribution in [0.2, 0.25) is 0 Å². The Morgan fingerprint density at radius 1 is 0.931 bits per heavy atom. The summed E-state index contributed by atoms with van der Waals surface area (Å²) in [6.45, 7) is 7.71. The van der Waals surface area contributed by atoms with Gasteiger partial charge in [0.1, 0.15) is 5.75 Å². The number of carbonyl (C=O) groups is 2. The van der Waals surface area contributed by atoms with E-state index in [1.54, 1.807) is 48.5 Å². The third-order valence-corrected chi connectivity index (χ3v) is 4.39. The molecule has 6 nitrogen and oxygen atoms in total. The zero-order valence-corrected chi connectivity index (χ0v) is 17.9. The minimum atomic E-state index is -0.307. The molecule has 0 saturated heterocycles. The molecule has 0 heterocycles. The van der Waals surface area contributed by atoms with Crippen LogP contribution in [0.15, 0.2) is 48.5 Å². The van der Waals surface area contributed by atoms with Gasteiger partial charge in [-0.1, -0.05) is 20.8 Å². The zero-order valence-electron chi connectivity index (χ0n) is 17.1. The molecule has 0 saturated carbocycles. The first-order valence-corrected chi connectivity index (χ1v) is 9.99. The number of ether oxygens (including phenoxy) is 1. The Morgan fingerprint density at radius 2 is 1.48 bits per heavy atom. The molecule has 7 heteroatoms. The van der Waals surface area contributed by atoms with Crippen molar-refractivity contribution < 1.29 is 14.3 Å². The second kappa shape index (κ2) is 10.6. The number of hydrogen-bond donors (Lipinski definition) is 3. The summed E-state index contributed by atoms with van der Waals surface area (Å²) in [5, 5.41) is 8.61. The van der Waals surface area contributed by atoms with E-state index < -0.39 is 0 Å². The van der Waals surface area contributed by atoms with E-state index in [1.807, 2.05) is 20.8 Å². The number of nitrogens with one attached hydrogen (secondary N) is 3. The van der Waals surface area contributed by atoms with Crippen LogP contribution in [0.3, 0.4) is 0 Å². The quantitative estimate of drug-likeness (QED) is 0.579. The van der Waals surface area contributed by atoms with E-state index in [2.05, 4.69) is 22.9 Å². The highest BCUT2D eigenvalue weighted by Gasteiger charge is 2.10. The van der Waals surface area contributed by atoms with Crippen molar-refractivity contribution in [2.75, 3.05) is 10.6 Å².